The third kappa shape index (κ3) is 3.99. The molecule has 0 aliphatic carbocycles. The van der Waals surface area contributed by atoms with Crippen LogP contribution < -0.4 is 10.9 Å². The first-order valence-corrected chi connectivity index (χ1v) is 12.3. The van der Waals surface area contributed by atoms with Gasteiger partial charge in [-0.05, 0) is 52.0 Å². The second-order valence-electron chi connectivity index (χ2n) is 7.80. The molecule has 34 heavy (non-hydrogen) atoms. The lowest BCUT2D eigenvalue weighted by molar-refractivity contribution is 0.0955. The summed E-state index contributed by atoms with van der Waals surface area (Å²) in [6.45, 7) is 7.95. The Balaban J connectivity index is 1.22. The molecule has 0 fully saturated rings. The Labute approximate surface area is 203 Å². The fourth-order valence-electron chi connectivity index (χ4n) is 3.64. The maximum Gasteiger partial charge on any atom is 0.271 e. The monoisotopic (exact) mass is 490 g/mol. The van der Waals surface area contributed by atoms with Gasteiger partial charge in [-0.25, -0.2) is 15.4 Å². The van der Waals surface area contributed by atoms with E-state index in [2.05, 4.69) is 40.8 Å². The molecule has 0 atom stereocenters. The number of aryl methyl sites for hydroxylation is 4. The lowest BCUT2D eigenvalue weighted by atomic mass is 10.2. The number of nitrogens with zero attached hydrogens (tertiary/aromatic N) is 6. The summed E-state index contributed by atoms with van der Waals surface area (Å²) in [5.74, 6) is -0.294. The topological polar surface area (TPSA) is 100 Å². The lowest BCUT2D eigenvalue weighted by Gasteiger charge is -2.03. The highest BCUT2D eigenvalue weighted by molar-refractivity contribution is 7.15. The highest BCUT2D eigenvalue weighted by Gasteiger charge is 2.11. The van der Waals surface area contributed by atoms with Gasteiger partial charge in [0.25, 0.3) is 5.91 Å². The Kier molecular flexibility index (Phi) is 5.72. The van der Waals surface area contributed by atoms with Crippen molar-refractivity contribution in [3.8, 4) is 0 Å². The number of hydrazone groups is 2. The smallest absolute Gasteiger partial charge is 0.271 e. The average molecular weight is 491 g/mol. The van der Waals surface area contributed by atoms with Crippen molar-refractivity contribution < 1.29 is 4.79 Å². The van der Waals surface area contributed by atoms with Crippen LogP contribution in [0.3, 0.4) is 0 Å². The van der Waals surface area contributed by atoms with Crippen LogP contribution in [-0.4, -0.2) is 37.1 Å². The lowest BCUT2D eigenvalue weighted by Crippen LogP contribution is -2.17. The summed E-state index contributed by atoms with van der Waals surface area (Å²) in [5.41, 5.74) is 12.6. The fourth-order valence-corrected chi connectivity index (χ4v) is 5.47. The molecular weight excluding hydrogens is 468 g/mol. The van der Waals surface area contributed by atoms with Crippen molar-refractivity contribution in [2.75, 3.05) is 5.43 Å². The summed E-state index contributed by atoms with van der Waals surface area (Å²) < 4.78 is 4.10. The van der Waals surface area contributed by atoms with Crippen LogP contribution in [-0.2, 0) is 0 Å². The Bertz CT molecular complexity index is 1570. The molecule has 0 bridgehead atoms. The van der Waals surface area contributed by atoms with E-state index in [1.165, 1.54) is 0 Å². The van der Waals surface area contributed by atoms with Gasteiger partial charge in [0.2, 0.25) is 0 Å². The van der Waals surface area contributed by atoms with Gasteiger partial charge in [-0.1, -0.05) is 0 Å². The first kappa shape index (κ1) is 22.0. The Morgan fingerprint density at radius 2 is 1.38 bits per heavy atom. The predicted octanol–water partition coefficient (Wildman–Crippen LogP) is 4.55. The number of rotatable bonds is 6. The van der Waals surface area contributed by atoms with Crippen LogP contribution in [0.4, 0.5) is 5.69 Å². The quantitative estimate of drug-likeness (QED) is 0.269. The summed E-state index contributed by atoms with van der Waals surface area (Å²) in [6.07, 6.45) is 3.39. The number of amides is 1. The highest BCUT2D eigenvalue weighted by Crippen LogP contribution is 2.20. The maximum atomic E-state index is 12.5. The molecule has 172 valence electrons. The molecule has 5 aromatic rings. The van der Waals surface area contributed by atoms with E-state index in [9.17, 15) is 4.79 Å². The van der Waals surface area contributed by atoms with Crippen LogP contribution in [0.1, 0.15) is 44.5 Å². The zero-order chi connectivity index (χ0) is 23.8. The van der Waals surface area contributed by atoms with Gasteiger partial charge in [0.15, 0.2) is 9.92 Å². The van der Waals surface area contributed by atoms with E-state index in [1.54, 1.807) is 59.4 Å². The van der Waals surface area contributed by atoms with Gasteiger partial charge in [-0.3, -0.25) is 19.0 Å². The molecule has 9 nitrogen and oxygen atoms in total. The highest BCUT2D eigenvalue weighted by atomic mass is 32.1. The molecule has 0 spiro atoms. The van der Waals surface area contributed by atoms with Crippen molar-refractivity contribution in [2.24, 2.45) is 10.2 Å². The molecule has 5 rings (SSSR count). The standard InChI is InChI=1S/C23H22N8OS2/c1-13-11-33-22-26-15(3)19(30(13)22)9-24-28-18-7-5-17(6-8-18)21(32)29-25-10-20-16(4)27-23-31(20)14(2)12-34-23/h5-12,28H,1-4H3,(H,29,32)/b24-9+,25-10+. The molecule has 4 aromatic heterocycles. The van der Waals surface area contributed by atoms with E-state index in [4.69, 9.17) is 0 Å². The SMILES string of the molecule is Cc1nc2scc(C)n2c1/C=N/NC(=O)c1ccc(N/N=C/c2c(C)nc3scc(C)n23)cc1. The van der Waals surface area contributed by atoms with Gasteiger partial charge in [0.05, 0.1) is 40.9 Å². The van der Waals surface area contributed by atoms with Crippen LogP contribution >= 0.6 is 22.7 Å². The van der Waals surface area contributed by atoms with E-state index in [-0.39, 0.29) is 5.91 Å². The van der Waals surface area contributed by atoms with Crippen LogP contribution in [0.2, 0.25) is 0 Å². The third-order valence-corrected chi connectivity index (χ3v) is 7.28. The van der Waals surface area contributed by atoms with Crippen molar-refractivity contribution in [2.45, 2.75) is 27.7 Å². The molecule has 0 radical (unpaired) electrons. The van der Waals surface area contributed by atoms with E-state index in [1.807, 2.05) is 37.5 Å². The Hall–Kier alpha value is -3.83. The molecule has 0 saturated carbocycles. The molecule has 4 heterocycles. The summed E-state index contributed by atoms with van der Waals surface area (Å²) >= 11 is 3.18. The number of thiazole rings is 2. The Morgan fingerprint density at radius 3 is 1.94 bits per heavy atom. The molecule has 0 aliphatic heterocycles. The summed E-state index contributed by atoms with van der Waals surface area (Å²) in [7, 11) is 0. The number of benzene rings is 1. The summed E-state index contributed by atoms with van der Waals surface area (Å²) in [4.78, 5) is 23.4. The van der Waals surface area contributed by atoms with E-state index in [0.29, 0.717) is 5.56 Å². The van der Waals surface area contributed by atoms with Gasteiger partial charge >= 0.3 is 0 Å². The Morgan fingerprint density at radius 1 is 0.853 bits per heavy atom. The van der Waals surface area contributed by atoms with Gasteiger partial charge in [0, 0.05) is 27.7 Å². The van der Waals surface area contributed by atoms with Gasteiger partial charge in [-0.2, -0.15) is 10.2 Å². The van der Waals surface area contributed by atoms with Crippen molar-refractivity contribution in [3.05, 3.63) is 74.8 Å². The zero-order valence-corrected chi connectivity index (χ0v) is 20.7. The van der Waals surface area contributed by atoms with Crippen molar-refractivity contribution in [3.63, 3.8) is 0 Å². The van der Waals surface area contributed by atoms with E-state index >= 15 is 0 Å². The molecule has 0 saturated heterocycles. The maximum absolute atomic E-state index is 12.5. The van der Waals surface area contributed by atoms with Crippen molar-refractivity contribution in [1.29, 1.82) is 0 Å². The number of fused-ring (bicyclic) bond motifs is 2. The number of carbonyl (C=O) groups is 1. The number of anilines is 1. The largest absolute Gasteiger partial charge is 0.286 e. The molecule has 1 aromatic carbocycles. The predicted molar refractivity (Wildman–Crippen MR) is 138 cm³/mol. The number of carbonyl (C=O) groups excluding carboxylic acids is 1. The number of aromatic nitrogens is 4. The van der Waals surface area contributed by atoms with Crippen molar-refractivity contribution in [1.82, 2.24) is 24.2 Å². The average Bonchev–Trinajstić information content (AvgIpc) is 3.54. The van der Waals surface area contributed by atoms with Crippen molar-refractivity contribution >= 4 is 56.6 Å². The van der Waals surface area contributed by atoms with Gasteiger partial charge in [-0.15, -0.1) is 22.7 Å². The normalized spacial score (nSPS) is 12.0. The van der Waals surface area contributed by atoms with E-state index in [0.717, 1.165) is 49.8 Å². The minimum absolute atomic E-state index is 0.294. The van der Waals surface area contributed by atoms with Crippen LogP contribution in [0, 0.1) is 27.7 Å². The second kappa shape index (κ2) is 8.84. The number of nitrogens with one attached hydrogen (secondary N) is 2. The molecule has 0 unspecified atom stereocenters. The van der Waals surface area contributed by atoms with Gasteiger partial charge in [0.1, 0.15) is 0 Å². The minimum Gasteiger partial charge on any atom is -0.286 e. The second-order valence-corrected chi connectivity index (χ2v) is 9.47. The van der Waals surface area contributed by atoms with Crippen LogP contribution in [0.15, 0.2) is 45.2 Å². The molecule has 1 amide bonds. The van der Waals surface area contributed by atoms with Crippen LogP contribution in [0.5, 0.6) is 0 Å². The zero-order valence-electron chi connectivity index (χ0n) is 19.0. The minimum atomic E-state index is -0.294. The number of hydrogen-bond donors (Lipinski definition) is 2. The third-order valence-electron chi connectivity index (χ3n) is 5.39. The fraction of sp³-hybridized carbons (Fsp3) is 0.174. The van der Waals surface area contributed by atoms with E-state index < -0.39 is 0 Å². The number of imidazole rings is 2. The summed E-state index contributed by atoms with van der Waals surface area (Å²) in [5, 5.41) is 12.6. The summed E-state index contributed by atoms with van der Waals surface area (Å²) in [6, 6.07) is 7.03. The molecule has 0 aliphatic rings. The first-order chi connectivity index (χ1) is 16.4. The molecular formula is C23H22N8OS2. The molecule has 11 heteroatoms. The van der Waals surface area contributed by atoms with Crippen LogP contribution in [0.25, 0.3) is 9.92 Å². The first-order valence-electron chi connectivity index (χ1n) is 10.5. The molecule has 2 N–H and O–H groups in total. The van der Waals surface area contributed by atoms with Gasteiger partial charge < -0.3 is 0 Å². The number of hydrogen-bond acceptors (Lipinski definition) is 8.